The summed E-state index contributed by atoms with van der Waals surface area (Å²) in [5, 5.41) is 0. The summed E-state index contributed by atoms with van der Waals surface area (Å²) < 4.78 is 0. The zero-order chi connectivity index (χ0) is 11.5. The number of nitrogens with two attached hydrogens (primary N) is 1. The summed E-state index contributed by atoms with van der Waals surface area (Å²) in [6.45, 7) is 2.16. The molecule has 1 saturated heterocycles. The summed E-state index contributed by atoms with van der Waals surface area (Å²) in [6, 6.07) is 0.611. The number of hydrogen-bond acceptors (Lipinski definition) is 5. The zero-order valence-electron chi connectivity index (χ0n) is 9.93. The molecule has 0 radical (unpaired) electrons. The molecule has 1 aromatic rings. The van der Waals surface area contributed by atoms with Crippen LogP contribution in [0.25, 0.3) is 0 Å². The van der Waals surface area contributed by atoms with Crippen molar-refractivity contribution in [2.75, 3.05) is 37.8 Å². The molecular weight excluding hydrogens is 202 g/mol. The minimum atomic E-state index is 0.611. The van der Waals surface area contributed by atoms with Gasteiger partial charge in [-0.05, 0) is 26.4 Å². The lowest BCUT2D eigenvalue weighted by molar-refractivity contribution is 0.314. The molecule has 0 spiro atoms. The molecule has 2 heterocycles. The van der Waals surface area contributed by atoms with Crippen LogP contribution in [-0.2, 0) is 0 Å². The van der Waals surface area contributed by atoms with Crippen LogP contribution in [0.5, 0.6) is 0 Å². The third kappa shape index (κ3) is 2.24. The fourth-order valence-electron chi connectivity index (χ4n) is 2.27. The molecule has 0 amide bonds. The predicted molar refractivity (Wildman–Crippen MR) is 65.4 cm³/mol. The minimum Gasteiger partial charge on any atom is -0.394 e. The maximum absolute atomic E-state index is 5.85. The van der Waals surface area contributed by atoms with Gasteiger partial charge in [-0.25, -0.2) is 9.97 Å². The fraction of sp³-hybridized carbons (Fsp3) is 0.636. The van der Waals surface area contributed by atoms with Crippen LogP contribution in [0.3, 0.4) is 0 Å². The van der Waals surface area contributed by atoms with Gasteiger partial charge in [0.25, 0.3) is 0 Å². The molecule has 2 N–H and O–H groups in total. The van der Waals surface area contributed by atoms with Crippen molar-refractivity contribution >= 4 is 11.5 Å². The van der Waals surface area contributed by atoms with Crippen LogP contribution in [-0.4, -0.2) is 48.1 Å². The van der Waals surface area contributed by atoms with Crippen molar-refractivity contribution < 1.29 is 0 Å². The molecule has 16 heavy (non-hydrogen) atoms. The van der Waals surface area contributed by atoms with E-state index in [1.54, 1.807) is 12.5 Å². The normalized spacial score (nSPS) is 21.2. The Balaban J connectivity index is 2.03. The van der Waals surface area contributed by atoms with E-state index in [-0.39, 0.29) is 0 Å². The van der Waals surface area contributed by atoms with E-state index < -0.39 is 0 Å². The Morgan fingerprint density at radius 2 is 2.44 bits per heavy atom. The summed E-state index contributed by atoms with van der Waals surface area (Å²) in [6.07, 6.45) is 5.73. The van der Waals surface area contributed by atoms with Gasteiger partial charge in [0, 0.05) is 19.6 Å². The zero-order valence-corrected chi connectivity index (χ0v) is 9.93. The summed E-state index contributed by atoms with van der Waals surface area (Å²) >= 11 is 0. The Hall–Kier alpha value is -1.36. The molecule has 0 aromatic carbocycles. The van der Waals surface area contributed by atoms with Gasteiger partial charge in [-0.3, -0.25) is 0 Å². The second kappa shape index (κ2) is 4.65. The third-order valence-corrected chi connectivity index (χ3v) is 3.24. The first kappa shape index (κ1) is 11.1. The quantitative estimate of drug-likeness (QED) is 0.809. The molecule has 88 valence electrons. The Bertz CT molecular complexity index is 354. The first-order valence-electron chi connectivity index (χ1n) is 5.65. The first-order valence-corrected chi connectivity index (χ1v) is 5.65. The summed E-state index contributed by atoms with van der Waals surface area (Å²) in [5.41, 5.74) is 6.49. The van der Waals surface area contributed by atoms with Crippen LogP contribution in [0.15, 0.2) is 12.5 Å². The van der Waals surface area contributed by atoms with Crippen molar-refractivity contribution in [1.82, 2.24) is 14.9 Å². The number of anilines is 2. The fourth-order valence-corrected chi connectivity index (χ4v) is 2.27. The SMILES string of the molecule is CN(CC1CCCN1C)c1ncncc1N. The van der Waals surface area contributed by atoms with Gasteiger partial charge in [0.05, 0.1) is 11.9 Å². The van der Waals surface area contributed by atoms with Gasteiger partial charge in [0.1, 0.15) is 6.33 Å². The van der Waals surface area contributed by atoms with Crippen molar-refractivity contribution in [2.45, 2.75) is 18.9 Å². The molecular formula is C11H19N5. The van der Waals surface area contributed by atoms with Crippen LogP contribution in [0.2, 0.25) is 0 Å². The highest BCUT2D eigenvalue weighted by atomic mass is 15.2. The van der Waals surface area contributed by atoms with Gasteiger partial charge in [0.15, 0.2) is 5.82 Å². The average molecular weight is 221 g/mol. The molecule has 0 aliphatic carbocycles. The van der Waals surface area contributed by atoms with Crippen molar-refractivity contribution in [3.8, 4) is 0 Å². The van der Waals surface area contributed by atoms with Crippen LogP contribution in [0.1, 0.15) is 12.8 Å². The van der Waals surface area contributed by atoms with E-state index >= 15 is 0 Å². The van der Waals surface area contributed by atoms with Crippen LogP contribution >= 0.6 is 0 Å². The van der Waals surface area contributed by atoms with Gasteiger partial charge in [-0.15, -0.1) is 0 Å². The van der Waals surface area contributed by atoms with E-state index in [0.717, 1.165) is 12.4 Å². The van der Waals surface area contributed by atoms with E-state index in [2.05, 4.69) is 26.8 Å². The maximum Gasteiger partial charge on any atom is 0.155 e. The average Bonchev–Trinajstić information content (AvgIpc) is 2.65. The number of nitrogen functional groups attached to an aromatic ring is 1. The topological polar surface area (TPSA) is 58.3 Å². The highest BCUT2D eigenvalue weighted by Crippen LogP contribution is 2.20. The van der Waals surface area contributed by atoms with Gasteiger partial charge in [0.2, 0.25) is 0 Å². The molecule has 1 aliphatic heterocycles. The Morgan fingerprint density at radius 1 is 1.62 bits per heavy atom. The van der Waals surface area contributed by atoms with E-state index in [1.807, 2.05) is 7.05 Å². The van der Waals surface area contributed by atoms with Crippen molar-refractivity contribution in [3.63, 3.8) is 0 Å². The summed E-state index contributed by atoms with van der Waals surface area (Å²) in [7, 11) is 4.21. The van der Waals surface area contributed by atoms with Crippen molar-refractivity contribution in [2.24, 2.45) is 0 Å². The molecule has 5 heteroatoms. The van der Waals surface area contributed by atoms with Crippen LogP contribution in [0, 0.1) is 0 Å². The molecule has 1 aliphatic rings. The Labute approximate surface area is 96.3 Å². The smallest absolute Gasteiger partial charge is 0.155 e. The minimum absolute atomic E-state index is 0.611. The van der Waals surface area contributed by atoms with Gasteiger partial charge in [-0.2, -0.15) is 0 Å². The number of rotatable bonds is 3. The number of hydrogen-bond donors (Lipinski definition) is 1. The lowest BCUT2D eigenvalue weighted by atomic mass is 10.2. The monoisotopic (exact) mass is 221 g/mol. The summed E-state index contributed by atoms with van der Waals surface area (Å²) in [4.78, 5) is 12.6. The molecule has 1 atom stereocenters. The molecule has 0 saturated carbocycles. The highest BCUT2D eigenvalue weighted by Gasteiger charge is 2.22. The second-order valence-corrected chi connectivity index (χ2v) is 4.46. The van der Waals surface area contributed by atoms with E-state index in [0.29, 0.717) is 11.7 Å². The van der Waals surface area contributed by atoms with E-state index in [1.165, 1.54) is 19.4 Å². The third-order valence-electron chi connectivity index (χ3n) is 3.24. The second-order valence-electron chi connectivity index (χ2n) is 4.46. The van der Waals surface area contributed by atoms with Crippen molar-refractivity contribution in [3.05, 3.63) is 12.5 Å². The first-order chi connectivity index (χ1) is 7.68. The maximum atomic E-state index is 5.85. The number of nitrogens with zero attached hydrogens (tertiary/aromatic N) is 4. The molecule has 1 aromatic heterocycles. The predicted octanol–water partition coefficient (Wildman–Crippen LogP) is 0.589. The lowest BCUT2D eigenvalue weighted by Crippen LogP contribution is -2.37. The number of aromatic nitrogens is 2. The van der Waals surface area contributed by atoms with Gasteiger partial charge >= 0.3 is 0 Å². The Morgan fingerprint density at radius 3 is 3.06 bits per heavy atom. The molecule has 2 rings (SSSR count). The Kier molecular flexibility index (Phi) is 3.24. The number of likely N-dealkylation sites (tertiary alicyclic amines) is 1. The standard InChI is InChI=1S/C11H19N5/c1-15-5-3-4-9(15)7-16(2)11-10(12)6-13-8-14-11/h6,8-9H,3-5,7,12H2,1-2H3. The molecule has 0 bridgehead atoms. The largest absolute Gasteiger partial charge is 0.394 e. The molecule has 1 fully saturated rings. The molecule has 5 nitrogen and oxygen atoms in total. The summed E-state index contributed by atoms with van der Waals surface area (Å²) in [5.74, 6) is 0.829. The molecule has 1 unspecified atom stereocenters. The number of likely N-dealkylation sites (N-methyl/N-ethyl adjacent to an activating group) is 2. The lowest BCUT2D eigenvalue weighted by Gasteiger charge is -2.27. The van der Waals surface area contributed by atoms with Crippen LogP contribution in [0.4, 0.5) is 11.5 Å². The van der Waals surface area contributed by atoms with Gasteiger partial charge < -0.3 is 15.5 Å². The van der Waals surface area contributed by atoms with E-state index in [9.17, 15) is 0 Å². The highest BCUT2D eigenvalue weighted by molar-refractivity contribution is 5.60. The van der Waals surface area contributed by atoms with Gasteiger partial charge in [-0.1, -0.05) is 0 Å². The van der Waals surface area contributed by atoms with E-state index in [4.69, 9.17) is 5.73 Å². The van der Waals surface area contributed by atoms with Crippen LogP contribution < -0.4 is 10.6 Å². The van der Waals surface area contributed by atoms with Crippen molar-refractivity contribution in [1.29, 1.82) is 0 Å².